The van der Waals surface area contributed by atoms with Crippen LogP contribution in [-0.4, -0.2) is 18.1 Å². The first-order valence-corrected chi connectivity index (χ1v) is 6.47. The van der Waals surface area contributed by atoms with E-state index in [1.54, 1.807) is 0 Å². The maximum absolute atomic E-state index is 11.4. The highest BCUT2D eigenvalue weighted by molar-refractivity contribution is 5.75. The molecule has 0 aromatic heterocycles. The van der Waals surface area contributed by atoms with Crippen molar-refractivity contribution in [2.75, 3.05) is 6.54 Å². The molecule has 0 saturated carbocycles. The second-order valence-corrected chi connectivity index (χ2v) is 4.85. The van der Waals surface area contributed by atoms with E-state index in [1.165, 1.54) is 25.7 Å². The van der Waals surface area contributed by atoms with Crippen molar-refractivity contribution in [1.29, 1.82) is 0 Å². The van der Waals surface area contributed by atoms with Crippen LogP contribution in [0, 0.1) is 0 Å². The standard InChI is InChI=1S/C12H25N3O/c1-3-4-5-6-7-10-13-11(16)8-9-12(2)14-15-12/h14-15H,3-10H2,1-2H3,(H,13,16). The SMILES string of the molecule is CCCCCCCNC(=O)CCC1(C)NN1. The Morgan fingerprint density at radius 3 is 2.50 bits per heavy atom. The summed E-state index contributed by atoms with van der Waals surface area (Å²) in [6, 6.07) is 0. The highest BCUT2D eigenvalue weighted by Gasteiger charge is 2.35. The smallest absolute Gasteiger partial charge is 0.220 e. The van der Waals surface area contributed by atoms with Gasteiger partial charge in [0.2, 0.25) is 5.91 Å². The summed E-state index contributed by atoms with van der Waals surface area (Å²) >= 11 is 0. The first kappa shape index (κ1) is 13.5. The Hall–Kier alpha value is -0.610. The molecule has 94 valence electrons. The van der Waals surface area contributed by atoms with Crippen LogP contribution < -0.4 is 16.2 Å². The van der Waals surface area contributed by atoms with Gasteiger partial charge in [-0.25, -0.2) is 10.9 Å². The van der Waals surface area contributed by atoms with E-state index in [-0.39, 0.29) is 11.6 Å². The first-order chi connectivity index (χ1) is 7.66. The highest BCUT2D eigenvalue weighted by atomic mass is 16.1. The summed E-state index contributed by atoms with van der Waals surface area (Å²) < 4.78 is 0. The predicted molar refractivity (Wildman–Crippen MR) is 65.7 cm³/mol. The van der Waals surface area contributed by atoms with Crippen molar-refractivity contribution >= 4 is 5.91 Å². The molecule has 0 unspecified atom stereocenters. The zero-order valence-electron chi connectivity index (χ0n) is 10.6. The molecule has 0 spiro atoms. The average Bonchev–Trinajstić information content (AvgIpc) is 3.00. The molecular weight excluding hydrogens is 202 g/mol. The molecule has 0 aromatic carbocycles. The molecule has 1 rings (SSSR count). The maximum Gasteiger partial charge on any atom is 0.220 e. The molecule has 0 bridgehead atoms. The van der Waals surface area contributed by atoms with Gasteiger partial charge in [0.1, 0.15) is 0 Å². The monoisotopic (exact) mass is 227 g/mol. The lowest BCUT2D eigenvalue weighted by molar-refractivity contribution is -0.121. The Bertz CT molecular complexity index is 214. The zero-order chi connectivity index (χ0) is 11.9. The maximum atomic E-state index is 11.4. The van der Waals surface area contributed by atoms with E-state index in [0.29, 0.717) is 6.42 Å². The molecule has 4 nitrogen and oxygen atoms in total. The molecule has 1 fully saturated rings. The van der Waals surface area contributed by atoms with Gasteiger partial charge in [0.05, 0.1) is 5.66 Å². The number of carbonyl (C=O) groups is 1. The average molecular weight is 227 g/mol. The molecule has 0 aromatic rings. The predicted octanol–water partition coefficient (Wildman–Crippen LogP) is 1.68. The van der Waals surface area contributed by atoms with Crippen LogP contribution in [0.4, 0.5) is 0 Å². The summed E-state index contributed by atoms with van der Waals surface area (Å²) in [5, 5.41) is 2.97. The minimum atomic E-state index is 0.0124. The number of unbranched alkanes of at least 4 members (excludes halogenated alkanes) is 4. The lowest BCUT2D eigenvalue weighted by Crippen LogP contribution is -2.26. The van der Waals surface area contributed by atoms with E-state index >= 15 is 0 Å². The Morgan fingerprint density at radius 1 is 1.19 bits per heavy atom. The van der Waals surface area contributed by atoms with Crippen LogP contribution in [0.3, 0.4) is 0 Å². The van der Waals surface area contributed by atoms with Crippen LogP contribution in [0.25, 0.3) is 0 Å². The third kappa shape index (κ3) is 6.08. The van der Waals surface area contributed by atoms with Gasteiger partial charge in [0, 0.05) is 13.0 Å². The van der Waals surface area contributed by atoms with Gasteiger partial charge < -0.3 is 5.32 Å². The van der Waals surface area contributed by atoms with E-state index in [4.69, 9.17) is 0 Å². The van der Waals surface area contributed by atoms with E-state index in [9.17, 15) is 4.79 Å². The van der Waals surface area contributed by atoms with Crippen LogP contribution >= 0.6 is 0 Å². The lowest BCUT2D eigenvalue weighted by atomic mass is 10.1. The minimum Gasteiger partial charge on any atom is -0.356 e. The van der Waals surface area contributed by atoms with Gasteiger partial charge in [0.15, 0.2) is 0 Å². The van der Waals surface area contributed by atoms with Crippen molar-refractivity contribution in [3.8, 4) is 0 Å². The molecule has 1 aliphatic heterocycles. The van der Waals surface area contributed by atoms with Gasteiger partial charge in [-0.1, -0.05) is 32.6 Å². The Morgan fingerprint density at radius 2 is 1.88 bits per heavy atom. The van der Waals surface area contributed by atoms with Crippen molar-refractivity contribution in [3.63, 3.8) is 0 Å². The molecule has 0 radical (unpaired) electrons. The minimum absolute atomic E-state index is 0.0124. The molecular formula is C12H25N3O. The number of hydrogen-bond acceptors (Lipinski definition) is 3. The van der Waals surface area contributed by atoms with Crippen LogP contribution in [0.1, 0.15) is 58.8 Å². The zero-order valence-corrected chi connectivity index (χ0v) is 10.6. The summed E-state index contributed by atoms with van der Waals surface area (Å²) in [6.07, 6.45) is 7.67. The van der Waals surface area contributed by atoms with Gasteiger partial charge in [-0.2, -0.15) is 0 Å². The van der Waals surface area contributed by atoms with Gasteiger partial charge >= 0.3 is 0 Å². The fourth-order valence-electron chi connectivity index (χ4n) is 1.64. The number of carbonyl (C=O) groups excluding carboxylic acids is 1. The summed E-state index contributed by atoms with van der Waals surface area (Å²) in [5.41, 5.74) is 6.07. The molecule has 16 heavy (non-hydrogen) atoms. The van der Waals surface area contributed by atoms with Crippen LogP contribution in [-0.2, 0) is 4.79 Å². The normalized spacial score (nSPS) is 17.1. The van der Waals surface area contributed by atoms with Crippen LogP contribution in [0.5, 0.6) is 0 Å². The van der Waals surface area contributed by atoms with E-state index in [2.05, 4.69) is 30.0 Å². The first-order valence-electron chi connectivity index (χ1n) is 6.47. The number of hydrazine groups is 1. The van der Waals surface area contributed by atoms with Crippen molar-refractivity contribution in [1.82, 2.24) is 16.2 Å². The van der Waals surface area contributed by atoms with Gasteiger partial charge in [-0.05, 0) is 19.8 Å². The molecule has 1 amide bonds. The molecule has 0 aliphatic carbocycles. The number of rotatable bonds is 9. The highest BCUT2D eigenvalue weighted by Crippen LogP contribution is 2.15. The Kier molecular flexibility index (Phi) is 5.77. The lowest BCUT2D eigenvalue weighted by Gasteiger charge is -2.06. The third-order valence-corrected chi connectivity index (χ3v) is 3.01. The second kappa shape index (κ2) is 6.86. The number of amides is 1. The molecule has 3 N–H and O–H groups in total. The molecule has 1 heterocycles. The van der Waals surface area contributed by atoms with E-state index in [1.807, 2.05) is 0 Å². The summed E-state index contributed by atoms with van der Waals surface area (Å²) in [4.78, 5) is 11.4. The number of hydrogen-bond donors (Lipinski definition) is 3. The van der Waals surface area contributed by atoms with Crippen molar-refractivity contribution < 1.29 is 4.79 Å². The fraction of sp³-hybridized carbons (Fsp3) is 0.917. The van der Waals surface area contributed by atoms with Crippen molar-refractivity contribution in [3.05, 3.63) is 0 Å². The van der Waals surface area contributed by atoms with E-state index in [0.717, 1.165) is 19.4 Å². The quantitative estimate of drug-likeness (QED) is 0.414. The fourth-order valence-corrected chi connectivity index (χ4v) is 1.64. The van der Waals surface area contributed by atoms with Crippen molar-refractivity contribution in [2.24, 2.45) is 0 Å². The summed E-state index contributed by atoms with van der Waals surface area (Å²) in [7, 11) is 0. The summed E-state index contributed by atoms with van der Waals surface area (Å²) in [6.45, 7) is 5.10. The number of nitrogens with one attached hydrogen (secondary N) is 3. The Balaban J connectivity index is 1.86. The topological polar surface area (TPSA) is 73.0 Å². The third-order valence-electron chi connectivity index (χ3n) is 3.01. The Labute approximate surface area is 98.5 Å². The molecule has 0 atom stereocenters. The van der Waals surface area contributed by atoms with Crippen molar-refractivity contribution in [2.45, 2.75) is 64.5 Å². The van der Waals surface area contributed by atoms with Crippen LogP contribution in [0.2, 0.25) is 0 Å². The van der Waals surface area contributed by atoms with Gasteiger partial charge in [-0.15, -0.1) is 0 Å². The molecule has 1 aliphatic rings. The van der Waals surface area contributed by atoms with Crippen LogP contribution in [0.15, 0.2) is 0 Å². The summed E-state index contributed by atoms with van der Waals surface area (Å²) in [5.74, 6) is 0.173. The molecule has 4 heteroatoms. The van der Waals surface area contributed by atoms with E-state index < -0.39 is 0 Å². The van der Waals surface area contributed by atoms with Gasteiger partial charge in [0.25, 0.3) is 0 Å². The largest absolute Gasteiger partial charge is 0.356 e. The second-order valence-electron chi connectivity index (χ2n) is 4.85. The molecule has 1 saturated heterocycles. The van der Waals surface area contributed by atoms with Gasteiger partial charge in [-0.3, -0.25) is 4.79 Å².